The summed E-state index contributed by atoms with van der Waals surface area (Å²) >= 11 is 0. The van der Waals surface area contributed by atoms with Crippen LogP contribution in [0.15, 0.2) is 122 Å². The predicted octanol–water partition coefficient (Wildman–Crippen LogP) is 24.3. The van der Waals surface area contributed by atoms with Crippen LogP contribution in [0.5, 0.6) is 0 Å². The summed E-state index contributed by atoms with van der Waals surface area (Å²) in [6, 6.07) is 0. The molecule has 0 aromatic rings. The van der Waals surface area contributed by atoms with Gasteiger partial charge in [0.25, 0.3) is 0 Å². The lowest BCUT2D eigenvalue weighted by molar-refractivity contribution is -0.167. The van der Waals surface area contributed by atoms with Crippen LogP contribution < -0.4 is 0 Å². The van der Waals surface area contributed by atoms with Crippen LogP contribution in [-0.4, -0.2) is 37.2 Å². The van der Waals surface area contributed by atoms with Gasteiger partial charge in [0, 0.05) is 19.3 Å². The summed E-state index contributed by atoms with van der Waals surface area (Å²) < 4.78 is 16.9. The topological polar surface area (TPSA) is 78.9 Å². The Hall–Kier alpha value is -4.19. The van der Waals surface area contributed by atoms with Gasteiger partial charge in [-0.15, -0.1) is 0 Å². The maximum Gasteiger partial charge on any atom is 0.306 e. The molecule has 0 saturated heterocycles. The summed E-state index contributed by atoms with van der Waals surface area (Å²) in [5.74, 6) is -0.942. The molecule has 0 N–H and O–H groups in total. The number of hydrogen-bond donors (Lipinski definition) is 0. The van der Waals surface area contributed by atoms with Crippen LogP contribution in [0.2, 0.25) is 0 Å². The highest BCUT2D eigenvalue weighted by atomic mass is 16.6. The average molecular weight is 1150 g/mol. The van der Waals surface area contributed by atoms with Crippen molar-refractivity contribution in [2.75, 3.05) is 13.2 Å². The minimum atomic E-state index is -0.806. The monoisotopic (exact) mass is 1150 g/mol. The molecule has 0 aromatic carbocycles. The van der Waals surface area contributed by atoms with E-state index in [0.29, 0.717) is 19.3 Å². The van der Waals surface area contributed by atoms with Crippen LogP contribution in [-0.2, 0) is 28.6 Å². The maximum atomic E-state index is 13.0. The first-order chi connectivity index (χ1) is 41.0. The number of rotatable bonds is 63. The fourth-order valence-electron chi connectivity index (χ4n) is 9.75. The Morgan fingerprint density at radius 1 is 0.253 bits per heavy atom. The van der Waals surface area contributed by atoms with Gasteiger partial charge in [0.05, 0.1) is 0 Å². The van der Waals surface area contributed by atoms with Gasteiger partial charge in [-0.1, -0.05) is 303 Å². The lowest BCUT2D eigenvalue weighted by Crippen LogP contribution is -2.30. The van der Waals surface area contributed by atoms with Crippen molar-refractivity contribution in [3.05, 3.63) is 122 Å². The Morgan fingerprint density at radius 3 is 0.771 bits per heavy atom. The van der Waals surface area contributed by atoms with E-state index in [1.807, 2.05) is 0 Å². The van der Waals surface area contributed by atoms with Gasteiger partial charge >= 0.3 is 17.9 Å². The van der Waals surface area contributed by atoms with Crippen molar-refractivity contribution in [1.82, 2.24) is 0 Å². The number of allylic oxidation sites excluding steroid dienone is 20. The van der Waals surface area contributed by atoms with Crippen molar-refractivity contribution in [2.24, 2.45) is 0 Å². The van der Waals surface area contributed by atoms with E-state index < -0.39 is 6.10 Å². The van der Waals surface area contributed by atoms with E-state index in [2.05, 4.69) is 142 Å². The fraction of sp³-hybridized carbons (Fsp3) is 0.701. The molecule has 0 spiro atoms. The minimum Gasteiger partial charge on any atom is -0.462 e. The van der Waals surface area contributed by atoms with Crippen molar-refractivity contribution in [3.63, 3.8) is 0 Å². The first-order valence-corrected chi connectivity index (χ1v) is 35.0. The number of unbranched alkanes of at least 4 members (excludes halogenated alkanes) is 32. The van der Waals surface area contributed by atoms with Gasteiger partial charge in [-0.05, 0) is 128 Å². The van der Waals surface area contributed by atoms with Crippen molar-refractivity contribution in [1.29, 1.82) is 0 Å². The van der Waals surface area contributed by atoms with Crippen LogP contribution in [0.4, 0.5) is 0 Å². The summed E-state index contributed by atoms with van der Waals surface area (Å²) in [5, 5.41) is 0. The molecule has 6 heteroatoms. The highest BCUT2D eigenvalue weighted by molar-refractivity contribution is 5.71. The molecule has 0 radical (unpaired) electrons. The molecule has 0 aliphatic rings. The first kappa shape index (κ1) is 78.8. The minimum absolute atomic E-state index is 0.0966. The molecule has 0 amide bonds. The van der Waals surface area contributed by atoms with Gasteiger partial charge in [-0.2, -0.15) is 0 Å². The zero-order valence-electron chi connectivity index (χ0n) is 54.4. The van der Waals surface area contributed by atoms with E-state index in [4.69, 9.17) is 14.2 Å². The number of carbonyl (C=O) groups is 3. The molecule has 0 rings (SSSR count). The summed E-state index contributed by atoms with van der Waals surface area (Å²) in [5.41, 5.74) is 0. The van der Waals surface area contributed by atoms with Crippen LogP contribution in [0.1, 0.15) is 329 Å². The lowest BCUT2D eigenvalue weighted by Gasteiger charge is -2.18. The second-order valence-corrected chi connectivity index (χ2v) is 23.0. The molecule has 6 nitrogen and oxygen atoms in total. The Balaban J connectivity index is 4.36. The standard InChI is InChI=1S/C77H130O6/c1-4-7-10-13-16-19-22-25-28-30-32-34-36-37-38-39-41-42-44-46-49-52-55-58-61-64-67-70-76(79)82-73-74(72-81-75(78)69-66-63-60-57-54-51-48-27-24-21-18-15-12-9-6-3)83-77(80)71-68-65-62-59-56-53-50-47-45-43-40-35-33-31-29-26-23-20-17-14-11-8-5-2/h8-9,11-12,17-18,20-21,26-27,29-30,32-33,35,43,45,48,54,57,74H,4-7,10,13-16,19,22-25,28,31,34,36-42,44,46-47,49-53,55-56,58-73H2,1-3H3/b11-8-,12-9-,20-17-,21-18-,29-26-,32-30-,35-33-,45-43-,48-27-,57-54-. The smallest absolute Gasteiger partial charge is 0.306 e. The molecule has 0 aromatic heterocycles. The molecule has 0 bridgehead atoms. The van der Waals surface area contributed by atoms with Crippen LogP contribution in [0.3, 0.4) is 0 Å². The zero-order valence-corrected chi connectivity index (χ0v) is 54.4. The normalized spacial score (nSPS) is 12.9. The van der Waals surface area contributed by atoms with E-state index in [-0.39, 0.29) is 31.1 Å². The van der Waals surface area contributed by atoms with Gasteiger partial charge in [0.1, 0.15) is 13.2 Å². The molecule has 0 fully saturated rings. The summed E-state index contributed by atoms with van der Waals surface area (Å²) in [4.78, 5) is 38.4. The molecular weight excluding hydrogens is 1020 g/mol. The molecule has 474 valence electrons. The zero-order chi connectivity index (χ0) is 59.9. The SMILES string of the molecule is CC/C=C\C/C=C\C/C=C\C/C=C\C/C=C\CCCCCCCCCC(=O)OC(COC(=O)CCCC/C=C\C/C=C\C/C=C\C/C=C\CC)COC(=O)CCCCCCCCCCCCCCCCC/C=C\CCCCCCCCCC. The molecule has 83 heavy (non-hydrogen) atoms. The van der Waals surface area contributed by atoms with Crippen LogP contribution >= 0.6 is 0 Å². The number of ether oxygens (including phenoxy) is 3. The van der Waals surface area contributed by atoms with E-state index >= 15 is 0 Å². The van der Waals surface area contributed by atoms with E-state index in [1.165, 1.54) is 161 Å². The van der Waals surface area contributed by atoms with E-state index in [1.54, 1.807) is 0 Å². The Kier molecular flexibility index (Phi) is 66.7. The largest absolute Gasteiger partial charge is 0.462 e. The highest BCUT2D eigenvalue weighted by Gasteiger charge is 2.19. The summed E-state index contributed by atoms with van der Waals surface area (Å²) in [7, 11) is 0. The van der Waals surface area contributed by atoms with E-state index in [9.17, 15) is 14.4 Å². The van der Waals surface area contributed by atoms with Gasteiger partial charge < -0.3 is 14.2 Å². The third kappa shape index (κ3) is 68.5. The third-order valence-corrected chi connectivity index (χ3v) is 14.9. The van der Waals surface area contributed by atoms with Crippen molar-refractivity contribution < 1.29 is 28.6 Å². The van der Waals surface area contributed by atoms with Gasteiger partial charge in [0.2, 0.25) is 0 Å². The Bertz CT molecular complexity index is 1700. The van der Waals surface area contributed by atoms with Gasteiger partial charge in [-0.25, -0.2) is 0 Å². The maximum absolute atomic E-state index is 13.0. The molecule has 0 heterocycles. The second-order valence-electron chi connectivity index (χ2n) is 23.0. The predicted molar refractivity (Wildman–Crippen MR) is 362 cm³/mol. The fourth-order valence-corrected chi connectivity index (χ4v) is 9.75. The molecular formula is C77H130O6. The molecule has 0 aliphatic heterocycles. The van der Waals surface area contributed by atoms with Crippen molar-refractivity contribution >= 4 is 17.9 Å². The van der Waals surface area contributed by atoms with Gasteiger partial charge in [0.15, 0.2) is 6.10 Å². The number of hydrogen-bond acceptors (Lipinski definition) is 6. The lowest BCUT2D eigenvalue weighted by atomic mass is 10.0. The summed E-state index contributed by atoms with van der Waals surface area (Å²) in [6.45, 7) is 6.40. The van der Waals surface area contributed by atoms with Crippen molar-refractivity contribution in [3.8, 4) is 0 Å². The molecule has 0 saturated carbocycles. The van der Waals surface area contributed by atoms with Gasteiger partial charge in [-0.3, -0.25) is 14.4 Å². The second kappa shape index (κ2) is 70.3. The number of carbonyl (C=O) groups excluding carboxylic acids is 3. The summed E-state index contributed by atoms with van der Waals surface area (Å²) in [6.07, 6.45) is 98.0. The molecule has 1 unspecified atom stereocenters. The quantitative estimate of drug-likeness (QED) is 0.0261. The Morgan fingerprint density at radius 2 is 0.470 bits per heavy atom. The van der Waals surface area contributed by atoms with Crippen molar-refractivity contribution in [2.45, 2.75) is 335 Å². The highest BCUT2D eigenvalue weighted by Crippen LogP contribution is 2.17. The third-order valence-electron chi connectivity index (χ3n) is 14.9. The van der Waals surface area contributed by atoms with E-state index in [0.717, 1.165) is 128 Å². The molecule has 1 atom stereocenters. The Labute approximate surface area is 513 Å². The molecule has 0 aliphatic carbocycles. The average Bonchev–Trinajstić information content (AvgIpc) is 3.49. The number of esters is 3. The van der Waals surface area contributed by atoms with Crippen LogP contribution in [0, 0.1) is 0 Å². The van der Waals surface area contributed by atoms with Crippen LogP contribution in [0.25, 0.3) is 0 Å². The first-order valence-electron chi connectivity index (χ1n) is 35.0.